The first kappa shape index (κ1) is 17.2. The molecule has 2 aromatic rings. The molecule has 0 bridgehead atoms. The minimum Gasteiger partial charge on any atom is -0.338 e. The maximum Gasteiger partial charge on any atom is 0.230 e. The minimum absolute atomic E-state index is 0.00893. The van der Waals surface area contributed by atoms with Gasteiger partial charge in [-0.05, 0) is 26.3 Å². The van der Waals surface area contributed by atoms with Gasteiger partial charge in [-0.2, -0.15) is 5.10 Å². The number of hydrogen-bond acceptors (Lipinski definition) is 3. The van der Waals surface area contributed by atoms with Crippen LogP contribution in [0.15, 0.2) is 24.3 Å². The number of rotatable bonds is 3. The Balaban J connectivity index is 1.89. The number of anilines is 1. The maximum absolute atomic E-state index is 12.9. The molecule has 1 fully saturated rings. The smallest absolute Gasteiger partial charge is 0.230 e. The van der Waals surface area contributed by atoms with Crippen LogP contribution in [0.1, 0.15) is 35.0 Å². The number of hydrogen-bond donors (Lipinski definition) is 1. The predicted molar refractivity (Wildman–Crippen MR) is 96.1 cm³/mol. The summed E-state index contributed by atoms with van der Waals surface area (Å²) in [5.74, 6) is -0.563. The third-order valence-electron chi connectivity index (χ3n) is 5.10. The first-order valence-corrected chi connectivity index (χ1v) is 8.43. The van der Waals surface area contributed by atoms with Crippen LogP contribution in [0.25, 0.3) is 0 Å². The summed E-state index contributed by atoms with van der Waals surface area (Å²) >= 11 is 0. The van der Waals surface area contributed by atoms with Crippen molar-refractivity contribution in [3.63, 3.8) is 0 Å². The third-order valence-corrected chi connectivity index (χ3v) is 5.10. The average Bonchev–Trinajstić information content (AvgIpc) is 2.99. The highest BCUT2D eigenvalue weighted by atomic mass is 16.2. The first-order chi connectivity index (χ1) is 11.8. The zero-order valence-corrected chi connectivity index (χ0v) is 15.3. The molecule has 2 atom stereocenters. The quantitative estimate of drug-likeness (QED) is 0.933. The van der Waals surface area contributed by atoms with Gasteiger partial charge in [0.25, 0.3) is 0 Å². The summed E-state index contributed by atoms with van der Waals surface area (Å²) < 4.78 is 1.74. The van der Waals surface area contributed by atoms with E-state index in [0.717, 1.165) is 28.2 Å². The minimum atomic E-state index is -0.417. The number of nitrogens with zero attached hydrogens (tertiary/aromatic N) is 3. The van der Waals surface area contributed by atoms with Gasteiger partial charge in [0.05, 0.1) is 29.0 Å². The molecule has 1 aliphatic heterocycles. The molecule has 6 nitrogen and oxygen atoms in total. The van der Waals surface area contributed by atoms with Crippen molar-refractivity contribution in [1.82, 2.24) is 14.7 Å². The van der Waals surface area contributed by atoms with E-state index in [1.165, 1.54) is 0 Å². The fourth-order valence-corrected chi connectivity index (χ4v) is 3.49. The van der Waals surface area contributed by atoms with E-state index in [2.05, 4.69) is 10.4 Å². The Morgan fingerprint density at radius 2 is 1.80 bits per heavy atom. The molecule has 2 heterocycles. The second kappa shape index (κ2) is 6.35. The summed E-state index contributed by atoms with van der Waals surface area (Å²) in [4.78, 5) is 26.9. The Kier molecular flexibility index (Phi) is 4.37. The number of benzene rings is 1. The number of carbonyl (C=O) groups is 2. The van der Waals surface area contributed by atoms with E-state index in [-0.39, 0.29) is 24.3 Å². The van der Waals surface area contributed by atoms with Crippen molar-refractivity contribution in [2.24, 2.45) is 13.0 Å². The lowest BCUT2D eigenvalue weighted by Crippen LogP contribution is -2.30. The van der Waals surface area contributed by atoms with E-state index in [1.807, 2.05) is 52.1 Å². The molecule has 1 aromatic carbocycles. The molecule has 0 spiro atoms. The van der Waals surface area contributed by atoms with Crippen LogP contribution in [0.4, 0.5) is 5.69 Å². The fraction of sp³-hybridized carbons (Fsp3) is 0.421. The number of aryl methyl sites for hydroxylation is 3. The Hall–Kier alpha value is -2.63. The number of likely N-dealkylation sites (tertiary alicyclic amines) is 1. The van der Waals surface area contributed by atoms with Crippen LogP contribution in [0, 0.1) is 26.7 Å². The molecule has 1 aliphatic rings. The van der Waals surface area contributed by atoms with E-state index in [9.17, 15) is 9.59 Å². The topological polar surface area (TPSA) is 67.2 Å². The summed E-state index contributed by atoms with van der Waals surface area (Å²) in [5, 5.41) is 7.32. The molecule has 6 heteroatoms. The molecule has 2 amide bonds. The lowest BCUT2D eigenvalue weighted by Gasteiger charge is -2.25. The van der Waals surface area contributed by atoms with E-state index >= 15 is 0 Å². The van der Waals surface area contributed by atoms with Gasteiger partial charge in [0.2, 0.25) is 11.8 Å². The van der Waals surface area contributed by atoms with Gasteiger partial charge in [-0.15, -0.1) is 0 Å². The van der Waals surface area contributed by atoms with Crippen LogP contribution < -0.4 is 5.32 Å². The Morgan fingerprint density at radius 1 is 1.16 bits per heavy atom. The molecule has 1 aromatic heterocycles. The van der Waals surface area contributed by atoms with Crippen LogP contribution >= 0.6 is 0 Å². The summed E-state index contributed by atoms with van der Waals surface area (Å²) in [7, 11) is 3.61. The van der Waals surface area contributed by atoms with Gasteiger partial charge in [0, 0.05) is 20.5 Å². The highest BCUT2D eigenvalue weighted by Gasteiger charge is 2.42. The van der Waals surface area contributed by atoms with Gasteiger partial charge in [-0.1, -0.05) is 29.8 Å². The zero-order valence-electron chi connectivity index (χ0n) is 15.3. The average molecular weight is 340 g/mol. The van der Waals surface area contributed by atoms with Crippen LogP contribution in [0.3, 0.4) is 0 Å². The predicted octanol–water partition coefficient (Wildman–Crippen LogP) is 2.50. The van der Waals surface area contributed by atoms with E-state index in [4.69, 9.17) is 0 Å². The monoisotopic (exact) mass is 340 g/mol. The maximum atomic E-state index is 12.9. The van der Waals surface area contributed by atoms with Gasteiger partial charge in [-0.3, -0.25) is 14.3 Å². The zero-order chi connectivity index (χ0) is 18.3. The number of carbonyl (C=O) groups excluding carboxylic acids is 2. The molecule has 1 saturated heterocycles. The van der Waals surface area contributed by atoms with Crippen molar-refractivity contribution in [3.05, 3.63) is 46.8 Å². The Labute approximate surface area is 147 Å². The summed E-state index contributed by atoms with van der Waals surface area (Å²) in [6.45, 7) is 5.80. The highest BCUT2D eigenvalue weighted by molar-refractivity contribution is 5.98. The number of amides is 2. The summed E-state index contributed by atoms with van der Waals surface area (Å²) in [5.41, 5.74) is 4.54. The molecular weight excluding hydrogens is 316 g/mol. The molecular formula is C19H24N4O2. The van der Waals surface area contributed by atoms with Crippen LogP contribution in [0.2, 0.25) is 0 Å². The van der Waals surface area contributed by atoms with Crippen molar-refractivity contribution >= 4 is 17.5 Å². The number of nitrogens with one attached hydrogen (secondary N) is 1. The fourth-order valence-electron chi connectivity index (χ4n) is 3.49. The molecule has 3 rings (SSSR count). The van der Waals surface area contributed by atoms with Gasteiger partial charge in [-0.25, -0.2) is 0 Å². The van der Waals surface area contributed by atoms with Crippen molar-refractivity contribution in [1.29, 1.82) is 0 Å². The van der Waals surface area contributed by atoms with Gasteiger partial charge in [0.1, 0.15) is 0 Å². The summed E-state index contributed by atoms with van der Waals surface area (Å²) in [6, 6.07) is 7.77. The van der Waals surface area contributed by atoms with Gasteiger partial charge < -0.3 is 10.2 Å². The second-order valence-corrected chi connectivity index (χ2v) is 6.83. The van der Waals surface area contributed by atoms with Crippen molar-refractivity contribution in [3.8, 4) is 0 Å². The lowest BCUT2D eigenvalue weighted by molar-refractivity contribution is -0.127. The van der Waals surface area contributed by atoms with Crippen molar-refractivity contribution < 1.29 is 9.59 Å². The molecule has 0 saturated carbocycles. The van der Waals surface area contributed by atoms with E-state index in [1.54, 1.807) is 16.6 Å². The highest BCUT2D eigenvalue weighted by Crippen LogP contribution is 2.38. The largest absolute Gasteiger partial charge is 0.338 e. The lowest BCUT2D eigenvalue weighted by atomic mass is 9.92. The van der Waals surface area contributed by atoms with Crippen LogP contribution in [-0.2, 0) is 16.6 Å². The Morgan fingerprint density at radius 3 is 2.36 bits per heavy atom. The molecule has 0 radical (unpaired) electrons. The third kappa shape index (κ3) is 3.04. The van der Waals surface area contributed by atoms with Crippen LogP contribution in [-0.4, -0.2) is 33.5 Å². The molecule has 1 N–H and O–H groups in total. The summed E-state index contributed by atoms with van der Waals surface area (Å²) in [6.07, 6.45) is 0.221. The van der Waals surface area contributed by atoms with E-state index < -0.39 is 5.92 Å². The molecule has 132 valence electrons. The first-order valence-electron chi connectivity index (χ1n) is 8.43. The second-order valence-electron chi connectivity index (χ2n) is 6.83. The van der Waals surface area contributed by atoms with Crippen molar-refractivity contribution in [2.75, 3.05) is 12.4 Å². The van der Waals surface area contributed by atoms with E-state index in [0.29, 0.717) is 0 Å². The van der Waals surface area contributed by atoms with Crippen LogP contribution in [0.5, 0.6) is 0 Å². The normalized spacial score (nSPS) is 20.2. The van der Waals surface area contributed by atoms with Gasteiger partial charge in [0.15, 0.2) is 0 Å². The van der Waals surface area contributed by atoms with Gasteiger partial charge >= 0.3 is 0 Å². The standard InChI is InChI=1S/C19H24N4O2/c1-11-6-8-14(9-7-11)18-15(10-16(24)22(18)4)19(25)20-17-12(2)21-23(5)13(17)3/h6-9,15,18H,10H2,1-5H3,(H,20,25)/t15-,18+/m1/s1. The molecule has 0 aliphatic carbocycles. The number of aromatic nitrogens is 2. The SMILES string of the molecule is Cc1ccc([C@H]2[C@H](C(=O)Nc3c(C)nn(C)c3C)CC(=O)N2C)cc1. The van der Waals surface area contributed by atoms with Crippen molar-refractivity contribution in [2.45, 2.75) is 33.2 Å². The molecule has 25 heavy (non-hydrogen) atoms. The Bertz CT molecular complexity index is 823. The molecule has 0 unspecified atom stereocenters.